The fourth-order valence-corrected chi connectivity index (χ4v) is 4.27. The predicted octanol–water partition coefficient (Wildman–Crippen LogP) is 3.45. The highest BCUT2D eigenvalue weighted by Crippen LogP contribution is 2.42. The summed E-state index contributed by atoms with van der Waals surface area (Å²) >= 11 is 0. The second kappa shape index (κ2) is 7.40. The van der Waals surface area contributed by atoms with Crippen LogP contribution in [0.25, 0.3) is 22.4 Å². The number of fused-ring (bicyclic) bond motifs is 4. The van der Waals surface area contributed by atoms with Crippen LogP contribution in [0.15, 0.2) is 36.4 Å². The molecule has 2 aliphatic heterocycles. The molecule has 0 radical (unpaired) electrons. The van der Waals surface area contributed by atoms with Crippen LogP contribution < -0.4 is 29.2 Å². The molecule has 0 unspecified atom stereocenters. The number of pyridine rings is 1. The van der Waals surface area contributed by atoms with Gasteiger partial charge >= 0.3 is 0 Å². The van der Waals surface area contributed by atoms with Crippen LogP contribution in [0.4, 0.5) is 5.82 Å². The summed E-state index contributed by atoms with van der Waals surface area (Å²) in [6.07, 6.45) is 0.801. The maximum absolute atomic E-state index is 9.91. The third-order valence-corrected chi connectivity index (χ3v) is 5.75. The first-order chi connectivity index (χ1) is 15.1. The van der Waals surface area contributed by atoms with E-state index in [1.54, 1.807) is 7.11 Å². The Morgan fingerprint density at radius 2 is 1.90 bits per heavy atom. The highest BCUT2D eigenvalue weighted by Gasteiger charge is 2.30. The van der Waals surface area contributed by atoms with Gasteiger partial charge in [-0.05, 0) is 48.4 Å². The zero-order chi connectivity index (χ0) is 21.5. The number of aryl methyl sites for hydroxylation is 1. The zero-order valence-electron chi connectivity index (χ0n) is 17.4. The van der Waals surface area contributed by atoms with E-state index in [-0.39, 0.29) is 6.79 Å². The van der Waals surface area contributed by atoms with Crippen molar-refractivity contribution in [3.8, 4) is 51.5 Å². The van der Waals surface area contributed by atoms with Gasteiger partial charge in [0.2, 0.25) is 6.79 Å². The fraction of sp³-hybridized carbons (Fsp3) is 0.250. The summed E-state index contributed by atoms with van der Waals surface area (Å²) in [5, 5.41) is 9.91. The third kappa shape index (κ3) is 2.99. The summed E-state index contributed by atoms with van der Waals surface area (Å²) in [6, 6.07) is 14.0. The van der Waals surface area contributed by atoms with Crippen LogP contribution in [0.3, 0.4) is 0 Å². The smallest absolute Gasteiger partial charge is 0.291 e. The first-order valence-corrected chi connectivity index (χ1v) is 10.1. The minimum Gasteiger partial charge on any atom is -0.493 e. The van der Waals surface area contributed by atoms with E-state index < -0.39 is 0 Å². The molecule has 3 heterocycles. The molecule has 7 nitrogen and oxygen atoms in total. The molecule has 2 aliphatic rings. The van der Waals surface area contributed by atoms with Crippen molar-refractivity contribution in [1.29, 1.82) is 5.26 Å². The molecule has 0 amide bonds. The lowest BCUT2D eigenvalue weighted by molar-refractivity contribution is -0.673. The molecule has 5 rings (SSSR count). The molecule has 0 spiro atoms. The lowest BCUT2D eigenvalue weighted by Crippen LogP contribution is -2.43. The standard InChI is InChI=1S/C24H21N3O4/c1-3-29-20-5-4-14(8-21(20)28-2)16-10-19-17-11-23-22(30-13-31-23)9-15(17)6-7-27(19)24(26)18(16)12-25/h4-5,8-11,26H,3,6-7,13H2,1-2H3/p+1. The highest BCUT2D eigenvalue weighted by molar-refractivity contribution is 5.80. The largest absolute Gasteiger partial charge is 0.493 e. The van der Waals surface area contributed by atoms with E-state index in [4.69, 9.17) is 24.7 Å². The Bertz CT molecular complexity index is 1250. The van der Waals surface area contributed by atoms with Gasteiger partial charge in [0.1, 0.15) is 17.3 Å². The van der Waals surface area contributed by atoms with Crippen LogP contribution in [0.1, 0.15) is 18.1 Å². The zero-order valence-corrected chi connectivity index (χ0v) is 17.4. The molecule has 156 valence electrons. The Labute approximate surface area is 180 Å². The van der Waals surface area contributed by atoms with Crippen molar-refractivity contribution in [2.75, 3.05) is 26.2 Å². The van der Waals surface area contributed by atoms with Gasteiger partial charge in [-0.1, -0.05) is 6.07 Å². The average Bonchev–Trinajstić information content (AvgIpc) is 3.25. The molecule has 1 aromatic heterocycles. The molecule has 2 aromatic carbocycles. The summed E-state index contributed by atoms with van der Waals surface area (Å²) in [6.45, 7) is 3.38. The van der Waals surface area contributed by atoms with E-state index in [2.05, 4.69) is 6.07 Å². The van der Waals surface area contributed by atoms with Gasteiger partial charge in [-0.15, -0.1) is 0 Å². The Balaban J connectivity index is 1.71. The third-order valence-electron chi connectivity index (χ3n) is 5.75. The van der Waals surface area contributed by atoms with Crippen molar-refractivity contribution >= 4 is 5.82 Å². The van der Waals surface area contributed by atoms with Crippen molar-refractivity contribution in [2.45, 2.75) is 19.9 Å². The van der Waals surface area contributed by atoms with E-state index >= 15 is 0 Å². The molecule has 0 fully saturated rings. The summed E-state index contributed by atoms with van der Waals surface area (Å²) in [5.41, 5.74) is 11.7. The summed E-state index contributed by atoms with van der Waals surface area (Å²) in [4.78, 5) is 0. The number of hydrogen-bond acceptors (Lipinski definition) is 6. The summed E-state index contributed by atoms with van der Waals surface area (Å²) < 4.78 is 24.3. The Hall–Kier alpha value is -3.92. The molecule has 0 atom stereocenters. The molecule has 0 saturated carbocycles. The topological polar surface area (TPSA) is 90.6 Å². The number of nitrogen functional groups attached to an aromatic ring is 1. The first-order valence-electron chi connectivity index (χ1n) is 10.1. The van der Waals surface area contributed by atoms with Crippen molar-refractivity contribution in [1.82, 2.24) is 0 Å². The summed E-state index contributed by atoms with van der Waals surface area (Å²) in [5.74, 6) is 3.21. The molecular weight excluding hydrogens is 394 g/mol. The van der Waals surface area contributed by atoms with Gasteiger partial charge in [-0.3, -0.25) is 5.73 Å². The van der Waals surface area contributed by atoms with Crippen LogP contribution >= 0.6 is 0 Å². The Morgan fingerprint density at radius 1 is 1.10 bits per heavy atom. The van der Waals surface area contributed by atoms with Gasteiger partial charge in [-0.2, -0.15) is 5.26 Å². The minimum atomic E-state index is 0.227. The second-order valence-electron chi connectivity index (χ2n) is 7.38. The van der Waals surface area contributed by atoms with E-state index in [9.17, 15) is 5.26 Å². The van der Waals surface area contributed by atoms with Crippen molar-refractivity contribution in [2.24, 2.45) is 0 Å². The fourth-order valence-electron chi connectivity index (χ4n) is 4.27. The van der Waals surface area contributed by atoms with Gasteiger partial charge in [0, 0.05) is 17.5 Å². The lowest BCUT2D eigenvalue weighted by Gasteiger charge is -2.21. The molecule has 0 saturated heterocycles. The van der Waals surface area contributed by atoms with Crippen LogP contribution in [-0.2, 0) is 13.0 Å². The molecular formula is C24H22N3O4+. The molecule has 31 heavy (non-hydrogen) atoms. The molecule has 2 N–H and O–H groups in total. The second-order valence-corrected chi connectivity index (χ2v) is 7.38. The summed E-state index contributed by atoms with van der Waals surface area (Å²) in [7, 11) is 1.60. The highest BCUT2D eigenvalue weighted by atomic mass is 16.7. The van der Waals surface area contributed by atoms with Crippen molar-refractivity contribution in [3.63, 3.8) is 0 Å². The quantitative estimate of drug-likeness (QED) is 0.655. The molecule has 0 bridgehead atoms. The first kappa shape index (κ1) is 19.1. The van der Waals surface area contributed by atoms with E-state index in [1.807, 2.05) is 47.9 Å². The number of nitrogens with zero attached hydrogens (tertiary/aromatic N) is 2. The predicted molar refractivity (Wildman–Crippen MR) is 114 cm³/mol. The van der Waals surface area contributed by atoms with Gasteiger partial charge in [0.05, 0.1) is 20.3 Å². The Morgan fingerprint density at radius 3 is 2.65 bits per heavy atom. The van der Waals surface area contributed by atoms with Gasteiger partial charge in [-0.25, -0.2) is 4.57 Å². The minimum absolute atomic E-state index is 0.227. The van der Waals surface area contributed by atoms with E-state index in [0.29, 0.717) is 36.0 Å². The van der Waals surface area contributed by atoms with Crippen LogP contribution in [-0.4, -0.2) is 20.5 Å². The number of hydrogen-bond donors (Lipinski definition) is 1. The number of aromatic nitrogens is 1. The number of anilines is 1. The number of methoxy groups -OCH3 is 1. The van der Waals surface area contributed by atoms with Crippen LogP contribution in [0.2, 0.25) is 0 Å². The SMILES string of the molecule is CCOc1ccc(-c2cc3[n+](c(N)c2C#N)CCc2cc4c(cc2-3)OCO4)cc1OC. The monoisotopic (exact) mass is 416 g/mol. The molecule has 7 heteroatoms. The maximum Gasteiger partial charge on any atom is 0.291 e. The van der Waals surface area contributed by atoms with Gasteiger partial charge < -0.3 is 18.9 Å². The van der Waals surface area contributed by atoms with Crippen LogP contribution in [0.5, 0.6) is 23.0 Å². The number of nitriles is 1. The number of benzene rings is 2. The van der Waals surface area contributed by atoms with Gasteiger partial charge in [0.25, 0.3) is 5.82 Å². The lowest BCUT2D eigenvalue weighted by atomic mass is 9.92. The van der Waals surface area contributed by atoms with E-state index in [1.165, 1.54) is 5.56 Å². The number of ether oxygens (including phenoxy) is 4. The molecule has 3 aromatic rings. The average molecular weight is 416 g/mol. The maximum atomic E-state index is 9.91. The van der Waals surface area contributed by atoms with Crippen molar-refractivity contribution < 1.29 is 23.5 Å². The van der Waals surface area contributed by atoms with Gasteiger partial charge in [0.15, 0.2) is 23.0 Å². The van der Waals surface area contributed by atoms with E-state index in [0.717, 1.165) is 40.3 Å². The molecule has 0 aliphatic carbocycles. The Kier molecular flexibility index (Phi) is 4.55. The number of nitrogens with two attached hydrogens (primary N) is 1. The van der Waals surface area contributed by atoms with Crippen LogP contribution in [0, 0.1) is 11.3 Å². The number of rotatable bonds is 4. The normalized spacial score (nSPS) is 13.2. The van der Waals surface area contributed by atoms with Crippen molar-refractivity contribution in [3.05, 3.63) is 47.5 Å².